The number of H-pyrrole nitrogens is 1. The smallest absolute Gasteiger partial charge is 0.314 e. The maximum Gasteiger partial charge on any atom is 0.314 e. The van der Waals surface area contributed by atoms with Crippen molar-refractivity contribution in [2.75, 3.05) is 11.9 Å². The Bertz CT molecular complexity index is 880. The molecular weight excluding hydrogens is 324 g/mol. The molecule has 0 bridgehead atoms. The summed E-state index contributed by atoms with van der Waals surface area (Å²) in [4.78, 5) is 42.7. The molecule has 0 saturated heterocycles. The molecule has 2 aromatic heterocycles. The molecule has 0 aliphatic rings. The topological polar surface area (TPSA) is 122 Å². The van der Waals surface area contributed by atoms with Gasteiger partial charge in [0.05, 0.1) is 5.69 Å². The van der Waals surface area contributed by atoms with Gasteiger partial charge in [0.15, 0.2) is 0 Å². The molecule has 0 fully saturated rings. The number of carbonyl (C=O) groups is 2. The Hall–Kier alpha value is -3.23. The number of carbonyl (C=O) groups excluding carboxylic acids is 2. The quantitative estimate of drug-likeness (QED) is 0.534. The molecule has 0 spiro atoms. The first kappa shape index (κ1) is 18.1. The summed E-state index contributed by atoms with van der Waals surface area (Å²) in [5.41, 5.74) is 1.48. The van der Waals surface area contributed by atoms with Gasteiger partial charge in [-0.25, -0.2) is 4.98 Å². The monoisotopic (exact) mass is 344 g/mol. The lowest BCUT2D eigenvalue weighted by Crippen LogP contribution is -2.36. The lowest BCUT2D eigenvalue weighted by atomic mass is 10.2. The van der Waals surface area contributed by atoms with Gasteiger partial charge >= 0.3 is 11.8 Å². The van der Waals surface area contributed by atoms with Gasteiger partial charge in [0.25, 0.3) is 5.56 Å². The lowest BCUT2D eigenvalue weighted by molar-refractivity contribution is -0.136. The molecule has 0 atom stereocenters. The van der Waals surface area contributed by atoms with Gasteiger partial charge in [-0.15, -0.1) is 6.58 Å². The Balaban J connectivity index is 2.36. The first-order valence-corrected chi connectivity index (χ1v) is 7.74. The SMILES string of the molecule is C=CCNC(=O)C(=O)Nc1cc(C)nn1-c1nc(C)c(CC)c(=O)[nH]1. The van der Waals surface area contributed by atoms with Gasteiger partial charge in [-0.2, -0.15) is 9.78 Å². The highest BCUT2D eigenvalue weighted by Crippen LogP contribution is 2.14. The second-order valence-electron chi connectivity index (χ2n) is 5.34. The van der Waals surface area contributed by atoms with E-state index in [-0.39, 0.29) is 23.9 Å². The molecule has 0 saturated carbocycles. The van der Waals surface area contributed by atoms with E-state index in [4.69, 9.17) is 0 Å². The van der Waals surface area contributed by atoms with Crippen molar-refractivity contribution in [3.63, 3.8) is 0 Å². The van der Waals surface area contributed by atoms with Crippen LogP contribution in [0.2, 0.25) is 0 Å². The molecule has 2 amide bonds. The second kappa shape index (κ2) is 7.56. The molecule has 0 aliphatic carbocycles. The van der Waals surface area contributed by atoms with E-state index in [1.807, 2.05) is 6.92 Å². The van der Waals surface area contributed by atoms with Gasteiger partial charge < -0.3 is 10.6 Å². The summed E-state index contributed by atoms with van der Waals surface area (Å²) >= 11 is 0. The van der Waals surface area contributed by atoms with Crippen LogP contribution in [0.4, 0.5) is 5.82 Å². The third-order valence-corrected chi connectivity index (χ3v) is 3.45. The van der Waals surface area contributed by atoms with Crippen LogP contribution in [0.1, 0.15) is 23.9 Å². The zero-order chi connectivity index (χ0) is 18.6. The van der Waals surface area contributed by atoms with E-state index in [9.17, 15) is 14.4 Å². The fraction of sp³-hybridized carbons (Fsp3) is 0.312. The molecule has 2 heterocycles. The average molecular weight is 344 g/mol. The molecule has 132 valence electrons. The standard InChI is InChI=1S/C16H20N6O3/c1-5-7-17-14(24)15(25)19-12-8-9(3)21-22(12)16-18-10(4)11(6-2)13(23)20-16/h5,8H,1,6-7H2,2-4H3,(H,17,24)(H,19,25)(H,18,20,23). The van der Waals surface area contributed by atoms with E-state index >= 15 is 0 Å². The van der Waals surface area contributed by atoms with E-state index in [0.717, 1.165) is 0 Å². The molecule has 9 heteroatoms. The van der Waals surface area contributed by atoms with Crippen LogP contribution in [-0.4, -0.2) is 38.1 Å². The lowest BCUT2D eigenvalue weighted by Gasteiger charge is -2.09. The highest BCUT2D eigenvalue weighted by atomic mass is 16.2. The van der Waals surface area contributed by atoms with Gasteiger partial charge in [-0.05, 0) is 20.3 Å². The van der Waals surface area contributed by atoms with Crippen LogP contribution in [-0.2, 0) is 16.0 Å². The van der Waals surface area contributed by atoms with Gasteiger partial charge in [0, 0.05) is 23.9 Å². The Labute approximate surface area is 144 Å². The normalized spacial score (nSPS) is 10.4. The number of amides is 2. The van der Waals surface area contributed by atoms with E-state index in [2.05, 4.69) is 32.3 Å². The summed E-state index contributed by atoms with van der Waals surface area (Å²) < 4.78 is 1.28. The van der Waals surface area contributed by atoms with Crippen LogP contribution in [0.25, 0.3) is 5.95 Å². The van der Waals surface area contributed by atoms with Gasteiger partial charge in [0.2, 0.25) is 5.95 Å². The predicted octanol–water partition coefficient (Wildman–Crippen LogP) is 0.376. The highest BCUT2D eigenvalue weighted by molar-refractivity contribution is 6.39. The van der Waals surface area contributed by atoms with Crippen molar-refractivity contribution in [2.45, 2.75) is 27.2 Å². The number of aryl methyl sites for hydroxylation is 2. The van der Waals surface area contributed by atoms with E-state index in [1.54, 1.807) is 19.9 Å². The minimum absolute atomic E-state index is 0.162. The summed E-state index contributed by atoms with van der Waals surface area (Å²) in [6, 6.07) is 1.57. The number of hydrogen-bond donors (Lipinski definition) is 3. The number of hydrogen-bond acceptors (Lipinski definition) is 5. The van der Waals surface area contributed by atoms with E-state index in [0.29, 0.717) is 23.4 Å². The average Bonchev–Trinajstić information content (AvgIpc) is 2.92. The van der Waals surface area contributed by atoms with Crippen molar-refractivity contribution in [3.8, 4) is 5.95 Å². The zero-order valence-corrected chi connectivity index (χ0v) is 14.3. The summed E-state index contributed by atoms with van der Waals surface area (Å²) in [5.74, 6) is -1.27. The van der Waals surface area contributed by atoms with Crippen LogP contribution >= 0.6 is 0 Å². The third-order valence-electron chi connectivity index (χ3n) is 3.45. The van der Waals surface area contributed by atoms with Crippen molar-refractivity contribution in [2.24, 2.45) is 0 Å². The Morgan fingerprint density at radius 3 is 2.68 bits per heavy atom. The third kappa shape index (κ3) is 4.00. The molecule has 0 unspecified atom stereocenters. The minimum atomic E-state index is -0.854. The maximum absolute atomic E-state index is 12.1. The van der Waals surface area contributed by atoms with E-state index < -0.39 is 11.8 Å². The minimum Gasteiger partial charge on any atom is -0.344 e. The van der Waals surface area contributed by atoms with Gasteiger partial charge in [-0.1, -0.05) is 13.0 Å². The fourth-order valence-corrected chi connectivity index (χ4v) is 2.28. The number of nitrogens with zero attached hydrogens (tertiary/aromatic N) is 3. The molecule has 0 aromatic carbocycles. The molecule has 2 aromatic rings. The summed E-state index contributed by atoms with van der Waals surface area (Å²) in [6.45, 7) is 8.95. The number of aromatic nitrogens is 4. The molecular formula is C16H20N6O3. The molecule has 2 rings (SSSR count). The van der Waals surface area contributed by atoms with Gasteiger partial charge in [-0.3, -0.25) is 19.4 Å². The summed E-state index contributed by atoms with van der Waals surface area (Å²) in [6.07, 6.45) is 2.02. The number of nitrogens with one attached hydrogen (secondary N) is 3. The number of anilines is 1. The number of aromatic amines is 1. The van der Waals surface area contributed by atoms with Crippen LogP contribution in [0.5, 0.6) is 0 Å². The predicted molar refractivity (Wildman–Crippen MR) is 92.7 cm³/mol. The Morgan fingerprint density at radius 2 is 2.08 bits per heavy atom. The second-order valence-corrected chi connectivity index (χ2v) is 5.34. The highest BCUT2D eigenvalue weighted by Gasteiger charge is 2.18. The largest absolute Gasteiger partial charge is 0.344 e. The van der Waals surface area contributed by atoms with Crippen molar-refractivity contribution < 1.29 is 9.59 Å². The van der Waals surface area contributed by atoms with Crippen LogP contribution in [0.3, 0.4) is 0 Å². The fourth-order valence-electron chi connectivity index (χ4n) is 2.28. The summed E-state index contributed by atoms with van der Waals surface area (Å²) in [5, 5.41) is 9.05. The van der Waals surface area contributed by atoms with Crippen molar-refractivity contribution in [3.05, 3.63) is 46.0 Å². The van der Waals surface area contributed by atoms with Crippen LogP contribution in [0, 0.1) is 13.8 Å². The summed E-state index contributed by atoms with van der Waals surface area (Å²) in [7, 11) is 0. The maximum atomic E-state index is 12.1. The Kier molecular flexibility index (Phi) is 5.48. The van der Waals surface area contributed by atoms with Crippen molar-refractivity contribution in [1.82, 2.24) is 25.1 Å². The molecule has 0 radical (unpaired) electrons. The molecule has 0 aliphatic heterocycles. The zero-order valence-electron chi connectivity index (χ0n) is 14.3. The van der Waals surface area contributed by atoms with Crippen molar-refractivity contribution >= 4 is 17.6 Å². The van der Waals surface area contributed by atoms with Crippen LogP contribution < -0.4 is 16.2 Å². The molecule has 9 nitrogen and oxygen atoms in total. The molecule has 25 heavy (non-hydrogen) atoms. The van der Waals surface area contributed by atoms with Crippen molar-refractivity contribution in [1.29, 1.82) is 0 Å². The van der Waals surface area contributed by atoms with Gasteiger partial charge in [0.1, 0.15) is 5.82 Å². The first-order valence-electron chi connectivity index (χ1n) is 7.74. The first-order chi connectivity index (χ1) is 11.9. The van der Waals surface area contributed by atoms with Crippen LogP contribution in [0.15, 0.2) is 23.5 Å². The Morgan fingerprint density at radius 1 is 1.36 bits per heavy atom. The molecule has 3 N–H and O–H groups in total. The van der Waals surface area contributed by atoms with E-state index in [1.165, 1.54) is 10.8 Å². The number of rotatable bonds is 5.